The number of hydrogen-bond donors (Lipinski definition) is 2. The van der Waals surface area contributed by atoms with Gasteiger partial charge in [-0.15, -0.1) is 0 Å². The van der Waals surface area contributed by atoms with Crippen LogP contribution in [0.1, 0.15) is 0 Å². The molecule has 0 aliphatic rings. The number of hydrogen-bond acceptors (Lipinski definition) is 2. The molecule has 12 heavy (non-hydrogen) atoms. The van der Waals surface area contributed by atoms with Crippen molar-refractivity contribution < 1.29 is 0 Å². The molecule has 3 heteroatoms. The number of H-pyrrole nitrogens is 1. The fourth-order valence-corrected chi connectivity index (χ4v) is 1.13. The zero-order chi connectivity index (χ0) is 8.39. The summed E-state index contributed by atoms with van der Waals surface area (Å²) in [6.45, 7) is 0. The molecule has 0 aliphatic heterocycles. The minimum atomic E-state index is 0.682. The van der Waals surface area contributed by atoms with Crippen LogP contribution in [-0.2, 0) is 0 Å². The molecule has 0 saturated heterocycles. The van der Waals surface area contributed by atoms with Crippen LogP contribution in [0.3, 0.4) is 0 Å². The molecule has 0 atom stereocenters. The summed E-state index contributed by atoms with van der Waals surface area (Å²) >= 11 is 0. The van der Waals surface area contributed by atoms with E-state index in [9.17, 15) is 0 Å². The second-order valence-corrected chi connectivity index (χ2v) is 2.57. The minimum Gasteiger partial charge on any atom is -0.396 e. The van der Waals surface area contributed by atoms with E-state index in [1.807, 2.05) is 30.3 Å². The Morgan fingerprint density at radius 3 is 2.50 bits per heavy atom. The van der Waals surface area contributed by atoms with Gasteiger partial charge in [-0.1, -0.05) is 30.3 Å². The average molecular weight is 159 g/mol. The van der Waals surface area contributed by atoms with Crippen LogP contribution in [0.5, 0.6) is 0 Å². The lowest BCUT2D eigenvalue weighted by Gasteiger charge is -1.96. The number of aromatic amines is 1. The van der Waals surface area contributed by atoms with Crippen LogP contribution in [0.15, 0.2) is 36.5 Å². The molecule has 0 amide bonds. The highest BCUT2D eigenvalue weighted by atomic mass is 15.1. The summed E-state index contributed by atoms with van der Waals surface area (Å²) in [7, 11) is 0. The van der Waals surface area contributed by atoms with Crippen LogP contribution in [-0.4, -0.2) is 10.2 Å². The molecule has 1 aromatic heterocycles. The van der Waals surface area contributed by atoms with E-state index in [1.54, 1.807) is 6.20 Å². The highest BCUT2D eigenvalue weighted by molar-refractivity contribution is 5.71. The highest BCUT2D eigenvalue weighted by Gasteiger charge is 2.01. The van der Waals surface area contributed by atoms with Crippen LogP contribution in [0.2, 0.25) is 0 Å². The Morgan fingerprint density at radius 2 is 1.92 bits per heavy atom. The molecule has 0 fully saturated rings. The average Bonchev–Trinajstić information content (AvgIpc) is 2.53. The molecule has 2 aromatic rings. The lowest BCUT2D eigenvalue weighted by atomic mass is 10.1. The maximum absolute atomic E-state index is 5.68. The van der Waals surface area contributed by atoms with E-state index in [0.717, 1.165) is 11.3 Å². The number of rotatable bonds is 1. The summed E-state index contributed by atoms with van der Waals surface area (Å²) in [6.07, 6.45) is 1.61. The van der Waals surface area contributed by atoms with E-state index in [4.69, 9.17) is 5.73 Å². The van der Waals surface area contributed by atoms with Crippen LogP contribution in [0.25, 0.3) is 11.3 Å². The van der Waals surface area contributed by atoms with Gasteiger partial charge in [-0.25, -0.2) is 0 Å². The first-order chi connectivity index (χ1) is 5.88. The van der Waals surface area contributed by atoms with Crippen molar-refractivity contribution in [1.82, 2.24) is 10.2 Å². The molecule has 1 aromatic carbocycles. The molecule has 3 nitrogen and oxygen atoms in total. The van der Waals surface area contributed by atoms with Crippen molar-refractivity contribution in [3.8, 4) is 11.3 Å². The van der Waals surface area contributed by atoms with Gasteiger partial charge in [0.1, 0.15) is 0 Å². The number of nitrogens with zero attached hydrogens (tertiary/aromatic N) is 1. The third-order valence-corrected chi connectivity index (χ3v) is 1.73. The predicted octanol–water partition coefficient (Wildman–Crippen LogP) is 1.66. The molecule has 0 aliphatic carbocycles. The standard InChI is InChI=1S/C9H9N3/c10-8-6-11-12-9(8)7-4-2-1-3-5-7/h1-6H,10H2,(H,11,12). The number of nitrogens with two attached hydrogens (primary N) is 1. The summed E-state index contributed by atoms with van der Waals surface area (Å²) in [6, 6.07) is 9.88. The molecular formula is C9H9N3. The molecule has 3 N–H and O–H groups in total. The van der Waals surface area contributed by atoms with E-state index in [2.05, 4.69) is 10.2 Å². The Morgan fingerprint density at radius 1 is 1.17 bits per heavy atom. The number of benzene rings is 1. The second-order valence-electron chi connectivity index (χ2n) is 2.57. The first-order valence-corrected chi connectivity index (χ1v) is 3.72. The van der Waals surface area contributed by atoms with E-state index in [-0.39, 0.29) is 0 Å². The molecule has 0 saturated carbocycles. The van der Waals surface area contributed by atoms with Gasteiger partial charge in [-0.3, -0.25) is 5.10 Å². The molecule has 0 spiro atoms. The third kappa shape index (κ3) is 1.05. The van der Waals surface area contributed by atoms with E-state index >= 15 is 0 Å². The van der Waals surface area contributed by atoms with E-state index in [1.165, 1.54) is 0 Å². The van der Waals surface area contributed by atoms with Crippen molar-refractivity contribution >= 4 is 5.69 Å². The summed E-state index contributed by atoms with van der Waals surface area (Å²) in [4.78, 5) is 0. The normalized spacial score (nSPS) is 10.0. The number of aromatic nitrogens is 2. The first kappa shape index (κ1) is 6.91. The van der Waals surface area contributed by atoms with Gasteiger partial charge < -0.3 is 5.73 Å². The Bertz CT molecular complexity index is 364. The fourth-order valence-electron chi connectivity index (χ4n) is 1.13. The van der Waals surface area contributed by atoms with Gasteiger partial charge in [0.2, 0.25) is 0 Å². The number of nitrogens with one attached hydrogen (secondary N) is 1. The van der Waals surface area contributed by atoms with Gasteiger partial charge in [0.15, 0.2) is 0 Å². The highest BCUT2D eigenvalue weighted by Crippen LogP contribution is 2.21. The Hall–Kier alpha value is -1.77. The van der Waals surface area contributed by atoms with Crippen molar-refractivity contribution in [2.45, 2.75) is 0 Å². The lowest BCUT2D eigenvalue weighted by molar-refractivity contribution is 1.10. The quantitative estimate of drug-likeness (QED) is 0.664. The summed E-state index contributed by atoms with van der Waals surface area (Å²) < 4.78 is 0. The zero-order valence-corrected chi connectivity index (χ0v) is 6.49. The molecule has 0 bridgehead atoms. The minimum absolute atomic E-state index is 0.682. The third-order valence-electron chi connectivity index (χ3n) is 1.73. The predicted molar refractivity (Wildman–Crippen MR) is 48.4 cm³/mol. The summed E-state index contributed by atoms with van der Waals surface area (Å²) in [5.74, 6) is 0. The van der Waals surface area contributed by atoms with Crippen molar-refractivity contribution in [3.63, 3.8) is 0 Å². The Balaban J connectivity index is 2.51. The van der Waals surface area contributed by atoms with Crippen LogP contribution >= 0.6 is 0 Å². The van der Waals surface area contributed by atoms with Crippen LogP contribution in [0, 0.1) is 0 Å². The molecule has 0 unspecified atom stereocenters. The number of anilines is 1. The SMILES string of the molecule is Nc1cn[nH]c1-c1ccccc1. The Kier molecular flexibility index (Phi) is 1.55. The van der Waals surface area contributed by atoms with Crippen molar-refractivity contribution in [2.24, 2.45) is 0 Å². The number of nitrogen functional groups attached to an aromatic ring is 1. The molecule has 1 heterocycles. The molecule has 2 rings (SSSR count). The van der Waals surface area contributed by atoms with Crippen LogP contribution < -0.4 is 5.73 Å². The smallest absolute Gasteiger partial charge is 0.0879 e. The largest absolute Gasteiger partial charge is 0.396 e. The molecule has 60 valence electrons. The van der Waals surface area contributed by atoms with Crippen LogP contribution in [0.4, 0.5) is 5.69 Å². The van der Waals surface area contributed by atoms with Gasteiger partial charge in [-0.2, -0.15) is 5.10 Å². The maximum atomic E-state index is 5.68. The van der Waals surface area contributed by atoms with E-state index in [0.29, 0.717) is 5.69 Å². The van der Waals surface area contributed by atoms with Gasteiger partial charge in [0, 0.05) is 5.56 Å². The summed E-state index contributed by atoms with van der Waals surface area (Å²) in [5.41, 5.74) is 8.31. The topological polar surface area (TPSA) is 54.7 Å². The van der Waals surface area contributed by atoms with Crippen molar-refractivity contribution in [1.29, 1.82) is 0 Å². The van der Waals surface area contributed by atoms with E-state index < -0.39 is 0 Å². The van der Waals surface area contributed by atoms with Gasteiger partial charge in [0.05, 0.1) is 17.6 Å². The monoisotopic (exact) mass is 159 g/mol. The van der Waals surface area contributed by atoms with Gasteiger partial charge in [0.25, 0.3) is 0 Å². The van der Waals surface area contributed by atoms with Crippen molar-refractivity contribution in [3.05, 3.63) is 36.5 Å². The van der Waals surface area contributed by atoms with Gasteiger partial charge >= 0.3 is 0 Å². The maximum Gasteiger partial charge on any atom is 0.0879 e. The lowest BCUT2D eigenvalue weighted by Crippen LogP contribution is -1.85. The second kappa shape index (κ2) is 2.70. The molecule has 0 radical (unpaired) electrons. The van der Waals surface area contributed by atoms with Gasteiger partial charge in [-0.05, 0) is 0 Å². The Labute approximate surface area is 70.2 Å². The zero-order valence-electron chi connectivity index (χ0n) is 6.49. The summed E-state index contributed by atoms with van der Waals surface area (Å²) in [5, 5.41) is 6.69. The van der Waals surface area contributed by atoms with Crippen molar-refractivity contribution in [2.75, 3.05) is 5.73 Å². The molecular weight excluding hydrogens is 150 g/mol. The first-order valence-electron chi connectivity index (χ1n) is 3.72. The fraction of sp³-hybridized carbons (Fsp3) is 0.